The van der Waals surface area contributed by atoms with E-state index in [2.05, 4.69) is 20.3 Å². The first-order valence-corrected chi connectivity index (χ1v) is 9.40. The van der Waals surface area contributed by atoms with Crippen LogP contribution in [0.3, 0.4) is 0 Å². The zero-order valence-electron chi connectivity index (χ0n) is 15.1. The number of thiazole rings is 1. The van der Waals surface area contributed by atoms with Crippen molar-refractivity contribution in [3.8, 4) is 16.4 Å². The van der Waals surface area contributed by atoms with Crippen LogP contribution >= 0.6 is 11.3 Å². The number of H-pyrrole nitrogens is 1. The van der Waals surface area contributed by atoms with E-state index in [1.54, 1.807) is 36.6 Å². The number of benzene rings is 2. The highest BCUT2D eigenvalue weighted by molar-refractivity contribution is 7.12. The predicted octanol–water partition coefficient (Wildman–Crippen LogP) is 4.92. The largest absolute Gasteiger partial charge is 0.301 e. The maximum atomic E-state index is 12.8. The molecule has 0 amide bonds. The van der Waals surface area contributed by atoms with E-state index in [4.69, 9.17) is 0 Å². The molecule has 9 nitrogen and oxygen atoms in total. The number of nitrogens with one attached hydrogen (secondary N) is 1. The third-order valence-electron chi connectivity index (χ3n) is 4.10. The minimum Gasteiger partial charge on any atom is -0.291 e. The Labute approximate surface area is 168 Å². The molecule has 0 aliphatic rings. The Hall–Kier alpha value is -3.92. The lowest BCUT2D eigenvalue weighted by Crippen LogP contribution is -2.13. The quantitative estimate of drug-likeness (QED) is 0.287. The molecule has 0 unspecified atom stereocenters. The van der Waals surface area contributed by atoms with Crippen molar-refractivity contribution in [2.45, 2.75) is 6.92 Å². The van der Waals surface area contributed by atoms with Gasteiger partial charge in [0.15, 0.2) is 5.69 Å². The molecule has 2 heterocycles. The Morgan fingerprint density at radius 2 is 1.93 bits per heavy atom. The van der Waals surface area contributed by atoms with Crippen LogP contribution in [0.5, 0.6) is 0 Å². The molecule has 0 saturated heterocycles. The normalized spacial score (nSPS) is 11.2. The number of nitrogens with zero attached hydrogens (tertiary/aromatic N) is 5. The molecule has 0 aliphatic heterocycles. The summed E-state index contributed by atoms with van der Waals surface area (Å²) in [7, 11) is 0. The molecule has 1 N–H and O–H groups in total. The van der Waals surface area contributed by atoms with Gasteiger partial charge in [-0.1, -0.05) is 30.3 Å². The Morgan fingerprint density at radius 1 is 1.14 bits per heavy atom. The fourth-order valence-corrected chi connectivity index (χ4v) is 3.46. The number of hydrogen-bond donors (Lipinski definition) is 1. The van der Waals surface area contributed by atoms with Crippen LogP contribution in [-0.2, 0) is 0 Å². The summed E-state index contributed by atoms with van der Waals surface area (Å²) >= 11 is 1.24. The molecule has 4 rings (SSSR count). The first kappa shape index (κ1) is 18.4. The highest BCUT2D eigenvalue weighted by Crippen LogP contribution is 2.27. The third kappa shape index (κ3) is 3.73. The summed E-state index contributed by atoms with van der Waals surface area (Å²) in [6, 6.07) is 15.3. The van der Waals surface area contributed by atoms with Gasteiger partial charge in [0.2, 0.25) is 5.13 Å². The van der Waals surface area contributed by atoms with Crippen molar-refractivity contribution < 1.29 is 4.92 Å². The summed E-state index contributed by atoms with van der Waals surface area (Å²) in [6.07, 6.45) is 0. The zero-order valence-corrected chi connectivity index (χ0v) is 16.0. The molecule has 0 atom stereocenters. The van der Waals surface area contributed by atoms with Crippen molar-refractivity contribution in [3.63, 3.8) is 0 Å². The smallest absolute Gasteiger partial charge is 0.291 e. The van der Waals surface area contributed by atoms with Crippen LogP contribution in [0.1, 0.15) is 5.69 Å². The van der Waals surface area contributed by atoms with Crippen molar-refractivity contribution in [2.24, 2.45) is 10.2 Å². The first-order valence-electron chi connectivity index (χ1n) is 8.52. The number of aromatic amines is 1. The second-order valence-electron chi connectivity index (χ2n) is 6.08. The van der Waals surface area contributed by atoms with Crippen molar-refractivity contribution >= 4 is 28.4 Å². The van der Waals surface area contributed by atoms with Crippen LogP contribution in [0.2, 0.25) is 0 Å². The van der Waals surface area contributed by atoms with Crippen LogP contribution in [-0.4, -0.2) is 19.7 Å². The summed E-state index contributed by atoms with van der Waals surface area (Å²) in [5.41, 5.74) is 2.14. The van der Waals surface area contributed by atoms with Gasteiger partial charge in [0.25, 0.3) is 5.69 Å². The highest BCUT2D eigenvalue weighted by Gasteiger charge is 2.16. The molecular weight excluding hydrogens is 392 g/mol. The number of nitro benzene ring substituents is 1. The van der Waals surface area contributed by atoms with E-state index in [0.29, 0.717) is 27.8 Å². The van der Waals surface area contributed by atoms with Crippen LogP contribution < -0.4 is 5.56 Å². The van der Waals surface area contributed by atoms with Crippen LogP contribution in [0.15, 0.2) is 75.0 Å². The van der Waals surface area contributed by atoms with Gasteiger partial charge in [0.1, 0.15) is 0 Å². The van der Waals surface area contributed by atoms with Crippen molar-refractivity contribution in [3.05, 3.63) is 86.1 Å². The molecule has 2 aromatic carbocycles. The summed E-state index contributed by atoms with van der Waals surface area (Å²) in [6.45, 7) is 1.73. The minimum atomic E-state index is -0.459. The summed E-state index contributed by atoms with van der Waals surface area (Å²) < 4.78 is 1.29. The summed E-state index contributed by atoms with van der Waals surface area (Å²) in [4.78, 5) is 27.7. The van der Waals surface area contributed by atoms with E-state index in [9.17, 15) is 14.9 Å². The fraction of sp³-hybridized carbons (Fsp3) is 0.0526. The topological polar surface area (TPSA) is 119 Å². The van der Waals surface area contributed by atoms with Gasteiger partial charge < -0.3 is 0 Å². The maximum Gasteiger partial charge on any atom is 0.301 e. The molecule has 0 aliphatic carbocycles. The monoisotopic (exact) mass is 406 g/mol. The highest BCUT2D eigenvalue weighted by atomic mass is 32.1. The third-order valence-corrected chi connectivity index (χ3v) is 4.92. The van der Waals surface area contributed by atoms with Crippen LogP contribution in [0.25, 0.3) is 16.4 Å². The number of nitro groups is 1. The first-order chi connectivity index (χ1) is 14.0. The molecule has 4 aromatic rings. The Morgan fingerprint density at radius 3 is 2.69 bits per heavy atom. The molecule has 29 heavy (non-hydrogen) atoms. The molecular formula is C19H14N6O3S. The van der Waals surface area contributed by atoms with Crippen molar-refractivity contribution in [2.75, 3.05) is 0 Å². The van der Waals surface area contributed by atoms with Gasteiger partial charge in [-0.15, -0.1) is 16.5 Å². The number of rotatable bonds is 5. The van der Waals surface area contributed by atoms with Crippen molar-refractivity contribution in [1.29, 1.82) is 0 Å². The van der Waals surface area contributed by atoms with E-state index in [0.717, 1.165) is 0 Å². The molecule has 0 radical (unpaired) electrons. The molecule has 0 bridgehead atoms. The van der Waals surface area contributed by atoms with E-state index in [1.807, 2.05) is 18.2 Å². The van der Waals surface area contributed by atoms with Crippen LogP contribution in [0.4, 0.5) is 17.1 Å². The lowest BCUT2D eigenvalue weighted by atomic mass is 10.1. The van der Waals surface area contributed by atoms with Gasteiger partial charge in [-0.3, -0.25) is 20.0 Å². The Kier molecular flexibility index (Phi) is 4.83. The zero-order chi connectivity index (χ0) is 20.4. The molecule has 0 spiro atoms. The lowest BCUT2D eigenvalue weighted by Gasteiger charge is -1.97. The van der Waals surface area contributed by atoms with Gasteiger partial charge in [-0.05, 0) is 19.1 Å². The standard InChI is InChI=1S/C19H14N6O3S/c1-12-17(22-21-14-7-3-2-4-8-14)18(26)24(23-12)19-20-16(11-29-19)13-6-5-9-15(10-13)25(27)28/h2-11,23H,1H3. The second kappa shape index (κ2) is 7.60. The number of non-ortho nitro benzene ring substituents is 1. The van der Waals surface area contributed by atoms with Gasteiger partial charge >= 0.3 is 5.56 Å². The van der Waals surface area contributed by atoms with Gasteiger partial charge in [0.05, 0.1) is 22.0 Å². The van der Waals surface area contributed by atoms with E-state index in [1.165, 1.54) is 28.2 Å². The predicted molar refractivity (Wildman–Crippen MR) is 110 cm³/mol. The lowest BCUT2D eigenvalue weighted by molar-refractivity contribution is -0.384. The van der Waals surface area contributed by atoms with Gasteiger partial charge in [-0.25, -0.2) is 4.98 Å². The number of azo groups is 1. The molecule has 10 heteroatoms. The molecule has 2 aromatic heterocycles. The average Bonchev–Trinajstić information content (AvgIpc) is 3.32. The molecule has 0 fully saturated rings. The summed E-state index contributed by atoms with van der Waals surface area (Å²) in [5, 5.41) is 24.2. The van der Waals surface area contributed by atoms with Gasteiger partial charge in [-0.2, -0.15) is 9.80 Å². The number of aryl methyl sites for hydroxylation is 1. The molecule has 0 saturated carbocycles. The maximum absolute atomic E-state index is 12.8. The second-order valence-corrected chi connectivity index (χ2v) is 6.92. The number of aromatic nitrogens is 3. The van der Waals surface area contributed by atoms with Crippen molar-refractivity contribution in [1.82, 2.24) is 14.8 Å². The Bertz CT molecular complexity index is 1270. The van der Waals surface area contributed by atoms with E-state index < -0.39 is 4.92 Å². The molecule has 144 valence electrons. The number of hydrogen-bond acceptors (Lipinski definition) is 7. The van der Waals surface area contributed by atoms with Gasteiger partial charge in [0, 0.05) is 23.1 Å². The minimum absolute atomic E-state index is 0.0199. The van der Waals surface area contributed by atoms with E-state index in [-0.39, 0.29) is 16.9 Å². The average molecular weight is 406 g/mol. The fourth-order valence-electron chi connectivity index (χ4n) is 2.67. The SMILES string of the molecule is Cc1[nH]n(-c2nc(-c3cccc([N+](=O)[O-])c3)cs2)c(=O)c1N=Nc1ccccc1. The summed E-state index contributed by atoms with van der Waals surface area (Å²) in [5.74, 6) is 0. The van der Waals surface area contributed by atoms with Crippen LogP contribution in [0, 0.1) is 17.0 Å². The Balaban J connectivity index is 1.67. The van der Waals surface area contributed by atoms with E-state index >= 15 is 0 Å².